The van der Waals surface area contributed by atoms with Crippen LogP contribution in [0.1, 0.15) is 27.5 Å². The highest BCUT2D eigenvalue weighted by atomic mass is 16.4. The summed E-state index contributed by atoms with van der Waals surface area (Å²) in [4.78, 5) is 13.6. The first-order valence-electron chi connectivity index (χ1n) is 7.25. The van der Waals surface area contributed by atoms with Crippen molar-refractivity contribution in [3.63, 3.8) is 0 Å². The number of aromatic carboxylic acids is 1. The third kappa shape index (κ3) is 2.78. The maximum absolute atomic E-state index is 11.5. The highest BCUT2D eigenvalue weighted by Crippen LogP contribution is 2.26. The van der Waals surface area contributed by atoms with Gasteiger partial charge in [-0.05, 0) is 36.2 Å². The Hall–Kier alpha value is -2.47. The average Bonchev–Trinajstić information content (AvgIpc) is 2.55. The van der Waals surface area contributed by atoms with Gasteiger partial charge in [0.25, 0.3) is 0 Å². The molecule has 0 spiro atoms. The Labute approximate surface area is 128 Å². The number of anilines is 1. The van der Waals surface area contributed by atoms with E-state index in [-0.39, 0.29) is 6.04 Å². The predicted molar refractivity (Wildman–Crippen MR) is 83.1 cm³/mol. The summed E-state index contributed by atoms with van der Waals surface area (Å²) in [5.74, 6) is -0.0726. The van der Waals surface area contributed by atoms with Gasteiger partial charge in [-0.25, -0.2) is 4.79 Å². The number of nitrogens with zero attached hydrogens (tertiary/aromatic N) is 3. The fourth-order valence-electron chi connectivity index (χ4n) is 2.94. The molecule has 0 radical (unpaired) electrons. The van der Waals surface area contributed by atoms with Crippen molar-refractivity contribution in [2.24, 2.45) is 0 Å². The summed E-state index contributed by atoms with van der Waals surface area (Å²) >= 11 is 0. The van der Waals surface area contributed by atoms with Crippen molar-refractivity contribution in [1.29, 1.82) is 0 Å². The maximum Gasteiger partial charge on any atom is 0.336 e. The summed E-state index contributed by atoms with van der Waals surface area (Å²) in [6, 6.07) is 9.13. The van der Waals surface area contributed by atoms with E-state index in [1.807, 2.05) is 25.1 Å². The number of rotatable bonds is 3. The molecule has 1 aliphatic heterocycles. The van der Waals surface area contributed by atoms with Crippen molar-refractivity contribution < 1.29 is 9.90 Å². The van der Waals surface area contributed by atoms with Crippen LogP contribution in [0.4, 0.5) is 5.82 Å². The van der Waals surface area contributed by atoms with Gasteiger partial charge in [-0.15, -0.1) is 5.10 Å². The minimum Gasteiger partial charge on any atom is -0.478 e. The molecule has 1 aromatic heterocycles. The second-order valence-corrected chi connectivity index (χ2v) is 5.38. The van der Waals surface area contributed by atoms with Crippen LogP contribution in [0.3, 0.4) is 0 Å². The molecule has 1 atom stereocenters. The normalized spacial score (nSPS) is 18.2. The van der Waals surface area contributed by atoms with Crippen molar-refractivity contribution in [1.82, 2.24) is 15.5 Å². The van der Waals surface area contributed by atoms with Crippen molar-refractivity contribution in [3.05, 3.63) is 53.2 Å². The van der Waals surface area contributed by atoms with E-state index in [4.69, 9.17) is 0 Å². The lowest BCUT2D eigenvalue weighted by atomic mass is 9.94. The van der Waals surface area contributed by atoms with Gasteiger partial charge in [0.2, 0.25) is 0 Å². The summed E-state index contributed by atoms with van der Waals surface area (Å²) < 4.78 is 0. The second kappa shape index (κ2) is 6.11. The Kier molecular flexibility index (Phi) is 4.02. The molecule has 1 fully saturated rings. The third-order valence-electron chi connectivity index (χ3n) is 3.96. The first-order valence-corrected chi connectivity index (χ1v) is 7.25. The van der Waals surface area contributed by atoms with E-state index >= 15 is 0 Å². The topological polar surface area (TPSA) is 78.3 Å². The molecule has 1 aromatic carbocycles. The number of hydrogen-bond acceptors (Lipinski definition) is 5. The number of carboxylic acid groups (broad SMARTS) is 1. The van der Waals surface area contributed by atoms with Gasteiger partial charge >= 0.3 is 5.97 Å². The summed E-state index contributed by atoms with van der Waals surface area (Å²) in [6.07, 6.45) is 1.65. The Balaban J connectivity index is 1.91. The van der Waals surface area contributed by atoms with Gasteiger partial charge in [-0.1, -0.05) is 12.1 Å². The van der Waals surface area contributed by atoms with E-state index in [1.165, 1.54) is 0 Å². The molecule has 1 aliphatic rings. The zero-order valence-corrected chi connectivity index (χ0v) is 12.4. The van der Waals surface area contributed by atoms with Crippen LogP contribution in [0.25, 0.3) is 0 Å². The average molecular weight is 298 g/mol. The van der Waals surface area contributed by atoms with E-state index in [0.717, 1.165) is 30.0 Å². The van der Waals surface area contributed by atoms with Crippen molar-refractivity contribution in [2.45, 2.75) is 13.0 Å². The molecule has 0 amide bonds. The van der Waals surface area contributed by atoms with Gasteiger partial charge in [-0.3, -0.25) is 0 Å². The van der Waals surface area contributed by atoms with Gasteiger partial charge < -0.3 is 15.3 Å². The maximum atomic E-state index is 11.5. The molecule has 6 nitrogen and oxygen atoms in total. The molecule has 114 valence electrons. The summed E-state index contributed by atoms with van der Waals surface area (Å²) in [5.41, 5.74) is 2.19. The van der Waals surface area contributed by atoms with E-state index in [1.54, 1.807) is 18.3 Å². The molecule has 2 heterocycles. The molecule has 3 rings (SSSR count). The summed E-state index contributed by atoms with van der Waals surface area (Å²) in [7, 11) is 0. The number of aryl methyl sites for hydroxylation is 1. The van der Waals surface area contributed by atoms with Gasteiger partial charge in [0.15, 0.2) is 5.82 Å². The third-order valence-corrected chi connectivity index (χ3v) is 3.96. The van der Waals surface area contributed by atoms with Crippen LogP contribution in [0.5, 0.6) is 0 Å². The highest BCUT2D eigenvalue weighted by Gasteiger charge is 2.26. The van der Waals surface area contributed by atoms with E-state index in [9.17, 15) is 9.90 Å². The lowest BCUT2D eigenvalue weighted by molar-refractivity contribution is 0.0694. The van der Waals surface area contributed by atoms with E-state index in [0.29, 0.717) is 12.1 Å². The Morgan fingerprint density at radius 2 is 2.23 bits per heavy atom. The van der Waals surface area contributed by atoms with Gasteiger partial charge in [-0.2, -0.15) is 5.10 Å². The van der Waals surface area contributed by atoms with Crippen LogP contribution >= 0.6 is 0 Å². The molecule has 0 bridgehead atoms. The molecule has 2 aromatic rings. The second-order valence-electron chi connectivity index (χ2n) is 5.38. The number of aromatic nitrogens is 2. The quantitative estimate of drug-likeness (QED) is 0.897. The molecular weight excluding hydrogens is 280 g/mol. The zero-order chi connectivity index (χ0) is 15.5. The monoisotopic (exact) mass is 298 g/mol. The van der Waals surface area contributed by atoms with Crippen LogP contribution in [0.15, 0.2) is 36.5 Å². The fourth-order valence-corrected chi connectivity index (χ4v) is 2.94. The van der Waals surface area contributed by atoms with Crippen molar-refractivity contribution >= 4 is 11.8 Å². The molecule has 1 saturated heterocycles. The largest absolute Gasteiger partial charge is 0.478 e. The molecule has 0 aliphatic carbocycles. The number of hydrogen-bond donors (Lipinski definition) is 2. The Morgan fingerprint density at radius 1 is 1.36 bits per heavy atom. The fraction of sp³-hybridized carbons (Fsp3) is 0.312. The first-order chi connectivity index (χ1) is 10.7. The molecule has 1 unspecified atom stereocenters. The standard InChI is InChI=1S/C16H18N4O2/c1-11-4-2-5-12(16(21)22)15(11)13-10-20(9-8-17-13)14-6-3-7-18-19-14/h2-7,13,17H,8-10H2,1H3,(H,21,22). The first kappa shape index (κ1) is 14.5. The smallest absolute Gasteiger partial charge is 0.336 e. The van der Waals surface area contributed by atoms with Crippen LogP contribution in [-0.4, -0.2) is 40.9 Å². The number of benzene rings is 1. The van der Waals surface area contributed by atoms with Gasteiger partial charge in [0, 0.05) is 25.8 Å². The van der Waals surface area contributed by atoms with Crippen LogP contribution in [0, 0.1) is 6.92 Å². The molecule has 22 heavy (non-hydrogen) atoms. The number of piperazine rings is 1. The molecule has 6 heteroatoms. The van der Waals surface area contributed by atoms with Crippen LogP contribution in [0.2, 0.25) is 0 Å². The Bertz CT molecular complexity index is 675. The number of carboxylic acids is 1. The van der Waals surface area contributed by atoms with Gasteiger partial charge in [0.1, 0.15) is 0 Å². The SMILES string of the molecule is Cc1cccc(C(=O)O)c1C1CN(c2cccnn2)CCN1. The Morgan fingerprint density at radius 3 is 2.95 bits per heavy atom. The van der Waals surface area contributed by atoms with E-state index in [2.05, 4.69) is 20.4 Å². The molecule has 2 N–H and O–H groups in total. The van der Waals surface area contributed by atoms with Crippen LogP contribution < -0.4 is 10.2 Å². The van der Waals surface area contributed by atoms with Gasteiger partial charge in [0.05, 0.1) is 11.6 Å². The molecular formula is C16H18N4O2. The lowest BCUT2D eigenvalue weighted by Gasteiger charge is -2.35. The number of nitrogens with one attached hydrogen (secondary N) is 1. The minimum atomic E-state index is -0.892. The lowest BCUT2D eigenvalue weighted by Crippen LogP contribution is -2.46. The number of carbonyl (C=O) groups is 1. The van der Waals surface area contributed by atoms with E-state index < -0.39 is 5.97 Å². The van der Waals surface area contributed by atoms with Crippen molar-refractivity contribution in [3.8, 4) is 0 Å². The molecule has 0 saturated carbocycles. The highest BCUT2D eigenvalue weighted by molar-refractivity contribution is 5.90. The summed E-state index contributed by atoms with van der Waals surface area (Å²) in [6.45, 7) is 4.21. The predicted octanol–water partition coefficient (Wildman–Crippen LogP) is 1.63. The van der Waals surface area contributed by atoms with Crippen molar-refractivity contribution in [2.75, 3.05) is 24.5 Å². The van der Waals surface area contributed by atoms with Crippen LogP contribution in [-0.2, 0) is 0 Å². The zero-order valence-electron chi connectivity index (χ0n) is 12.4. The minimum absolute atomic E-state index is 0.0388. The summed E-state index contributed by atoms with van der Waals surface area (Å²) in [5, 5.41) is 20.9.